The van der Waals surface area contributed by atoms with Crippen LogP contribution in [0.1, 0.15) is 17.7 Å². The van der Waals surface area contributed by atoms with Gasteiger partial charge in [0.1, 0.15) is 5.69 Å². The summed E-state index contributed by atoms with van der Waals surface area (Å²) in [7, 11) is 0. The monoisotopic (exact) mass is 323 g/mol. The topological polar surface area (TPSA) is 66.5 Å². The molecule has 0 radical (unpaired) electrons. The Bertz CT molecular complexity index is 785. The average Bonchev–Trinajstić information content (AvgIpc) is 3.25. The predicted octanol–water partition coefficient (Wildman–Crippen LogP) is 3.92. The minimum Gasteiger partial charge on any atom is -0.380 e. The van der Waals surface area contributed by atoms with E-state index in [9.17, 15) is 0 Å². The molecule has 3 aromatic rings. The zero-order chi connectivity index (χ0) is 15.9. The first-order chi connectivity index (χ1) is 11.3. The number of nitrogens with zero attached hydrogens (tertiary/aromatic N) is 4. The molecular formula is C17H17N5S. The number of unbranched alkanes of at least 4 members (excludes halogenated alkanes) is 1. The highest BCUT2D eigenvalue weighted by molar-refractivity contribution is 7.09. The fourth-order valence-corrected chi connectivity index (χ4v) is 2.90. The first-order valence-corrected chi connectivity index (χ1v) is 8.37. The summed E-state index contributed by atoms with van der Waals surface area (Å²) in [5.41, 5.74) is 2.95. The standard InChI is InChI=1S/C17H17N5S/c18-8-1-2-9-22-13-17(20-21-22)14-5-3-6-15(11-14)19-12-16-7-4-10-23-16/h3-7,10-11,13,19H,1-2,9,12H2. The van der Waals surface area contributed by atoms with Crippen molar-refractivity contribution in [2.45, 2.75) is 25.9 Å². The van der Waals surface area contributed by atoms with E-state index in [1.807, 2.05) is 18.3 Å². The van der Waals surface area contributed by atoms with Gasteiger partial charge in [-0.3, -0.25) is 4.68 Å². The number of rotatable bonds is 7. The van der Waals surface area contributed by atoms with Crippen LogP contribution in [-0.4, -0.2) is 15.0 Å². The van der Waals surface area contributed by atoms with Gasteiger partial charge in [-0.25, -0.2) is 0 Å². The minimum absolute atomic E-state index is 0.539. The van der Waals surface area contributed by atoms with Gasteiger partial charge in [-0.15, -0.1) is 16.4 Å². The van der Waals surface area contributed by atoms with Crippen molar-refractivity contribution in [2.24, 2.45) is 0 Å². The lowest BCUT2D eigenvalue weighted by Crippen LogP contribution is -1.98. The Hall–Kier alpha value is -2.65. The molecule has 2 heterocycles. The molecule has 0 saturated carbocycles. The van der Waals surface area contributed by atoms with Crippen LogP contribution in [-0.2, 0) is 13.1 Å². The van der Waals surface area contributed by atoms with Crippen molar-refractivity contribution in [3.8, 4) is 17.3 Å². The van der Waals surface area contributed by atoms with Gasteiger partial charge in [0.05, 0.1) is 12.3 Å². The van der Waals surface area contributed by atoms with Crippen LogP contribution in [0.4, 0.5) is 5.69 Å². The van der Waals surface area contributed by atoms with Crippen molar-refractivity contribution >= 4 is 17.0 Å². The van der Waals surface area contributed by atoms with E-state index in [4.69, 9.17) is 5.26 Å². The van der Waals surface area contributed by atoms with E-state index < -0.39 is 0 Å². The lowest BCUT2D eigenvalue weighted by atomic mass is 10.1. The number of nitriles is 1. The number of hydrogen-bond acceptors (Lipinski definition) is 5. The number of aromatic nitrogens is 3. The number of aryl methyl sites for hydroxylation is 1. The van der Waals surface area contributed by atoms with Gasteiger partial charge < -0.3 is 5.32 Å². The molecule has 0 atom stereocenters. The molecule has 0 bridgehead atoms. The van der Waals surface area contributed by atoms with Crippen LogP contribution in [0.5, 0.6) is 0 Å². The molecule has 2 aromatic heterocycles. The zero-order valence-electron chi connectivity index (χ0n) is 12.6. The molecule has 0 aliphatic carbocycles. The second kappa shape index (κ2) is 7.56. The molecule has 3 rings (SSSR count). The third-order valence-corrected chi connectivity index (χ3v) is 4.30. The molecule has 1 N–H and O–H groups in total. The first-order valence-electron chi connectivity index (χ1n) is 7.49. The maximum absolute atomic E-state index is 8.58. The Kier molecular flexibility index (Phi) is 5.02. The van der Waals surface area contributed by atoms with E-state index in [0.29, 0.717) is 6.42 Å². The Labute approximate surface area is 139 Å². The average molecular weight is 323 g/mol. The maximum atomic E-state index is 8.58. The summed E-state index contributed by atoms with van der Waals surface area (Å²) in [4.78, 5) is 1.30. The molecular weight excluding hydrogens is 306 g/mol. The van der Waals surface area contributed by atoms with Crippen molar-refractivity contribution in [1.82, 2.24) is 15.0 Å². The van der Waals surface area contributed by atoms with Gasteiger partial charge in [-0.1, -0.05) is 23.4 Å². The van der Waals surface area contributed by atoms with Gasteiger partial charge in [0.25, 0.3) is 0 Å². The summed E-state index contributed by atoms with van der Waals surface area (Å²) >= 11 is 1.74. The lowest BCUT2D eigenvalue weighted by molar-refractivity contribution is 0.564. The van der Waals surface area contributed by atoms with Crippen molar-refractivity contribution < 1.29 is 0 Å². The van der Waals surface area contributed by atoms with Crippen molar-refractivity contribution in [3.63, 3.8) is 0 Å². The van der Waals surface area contributed by atoms with Crippen LogP contribution >= 0.6 is 11.3 Å². The molecule has 0 unspecified atom stereocenters. The van der Waals surface area contributed by atoms with Crippen LogP contribution in [0.2, 0.25) is 0 Å². The maximum Gasteiger partial charge on any atom is 0.113 e. The molecule has 5 nitrogen and oxygen atoms in total. The van der Waals surface area contributed by atoms with Crippen LogP contribution < -0.4 is 5.32 Å². The second-order valence-electron chi connectivity index (χ2n) is 5.14. The third-order valence-electron chi connectivity index (χ3n) is 3.42. The van der Waals surface area contributed by atoms with Crippen LogP contribution in [0.15, 0.2) is 48.0 Å². The van der Waals surface area contributed by atoms with Crippen molar-refractivity contribution in [3.05, 3.63) is 52.9 Å². The van der Waals surface area contributed by atoms with E-state index in [2.05, 4.69) is 51.3 Å². The van der Waals surface area contributed by atoms with Gasteiger partial charge in [0.2, 0.25) is 0 Å². The first kappa shape index (κ1) is 15.3. The quantitative estimate of drug-likeness (QED) is 0.669. The fourth-order valence-electron chi connectivity index (χ4n) is 2.25. The number of thiophene rings is 1. The summed E-state index contributed by atoms with van der Waals surface area (Å²) in [5.74, 6) is 0. The molecule has 0 aliphatic rings. The smallest absolute Gasteiger partial charge is 0.113 e. The molecule has 116 valence electrons. The zero-order valence-corrected chi connectivity index (χ0v) is 13.5. The van der Waals surface area contributed by atoms with Gasteiger partial charge in [0, 0.05) is 35.6 Å². The molecule has 1 aromatic carbocycles. The minimum atomic E-state index is 0.539. The SMILES string of the molecule is N#CCCCn1cc(-c2cccc(NCc3cccs3)c2)nn1. The highest BCUT2D eigenvalue weighted by Gasteiger charge is 2.05. The molecule has 6 heteroatoms. The normalized spacial score (nSPS) is 10.4. The number of nitrogens with one attached hydrogen (secondary N) is 1. The number of anilines is 1. The summed E-state index contributed by atoms with van der Waals surface area (Å²) in [6, 6.07) is 14.5. The largest absolute Gasteiger partial charge is 0.380 e. The van der Waals surface area contributed by atoms with E-state index >= 15 is 0 Å². The van der Waals surface area contributed by atoms with Gasteiger partial charge in [-0.2, -0.15) is 5.26 Å². The lowest BCUT2D eigenvalue weighted by Gasteiger charge is -2.06. The summed E-state index contributed by atoms with van der Waals surface area (Å²) < 4.78 is 1.79. The second-order valence-corrected chi connectivity index (χ2v) is 6.17. The molecule has 0 amide bonds. The van der Waals surface area contributed by atoms with Gasteiger partial charge in [-0.05, 0) is 30.0 Å². The summed E-state index contributed by atoms with van der Waals surface area (Å²) in [6.07, 6.45) is 3.26. The van der Waals surface area contributed by atoms with Crippen LogP contribution in [0.25, 0.3) is 11.3 Å². The van der Waals surface area contributed by atoms with Gasteiger partial charge in [0.15, 0.2) is 0 Å². The summed E-state index contributed by atoms with van der Waals surface area (Å²) in [5, 5.41) is 22.4. The Morgan fingerprint density at radius 2 is 2.22 bits per heavy atom. The number of hydrogen-bond donors (Lipinski definition) is 1. The van der Waals surface area contributed by atoms with E-state index in [1.54, 1.807) is 16.0 Å². The molecule has 0 saturated heterocycles. The van der Waals surface area contributed by atoms with Crippen molar-refractivity contribution in [1.29, 1.82) is 5.26 Å². The van der Waals surface area contributed by atoms with E-state index in [0.717, 1.165) is 36.5 Å². The Morgan fingerprint density at radius 3 is 3.04 bits per heavy atom. The Morgan fingerprint density at radius 1 is 1.26 bits per heavy atom. The predicted molar refractivity (Wildman–Crippen MR) is 92.0 cm³/mol. The highest BCUT2D eigenvalue weighted by atomic mass is 32.1. The van der Waals surface area contributed by atoms with Gasteiger partial charge >= 0.3 is 0 Å². The van der Waals surface area contributed by atoms with Crippen molar-refractivity contribution in [2.75, 3.05) is 5.32 Å². The number of benzene rings is 1. The van der Waals surface area contributed by atoms with E-state index in [-0.39, 0.29) is 0 Å². The highest BCUT2D eigenvalue weighted by Crippen LogP contribution is 2.21. The molecule has 23 heavy (non-hydrogen) atoms. The Balaban J connectivity index is 1.66. The molecule has 0 spiro atoms. The molecule has 0 aliphatic heterocycles. The molecule has 0 fully saturated rings. The third kappa shape index (κ3) is 4.18. The van der Waals surface area contributed by atoms with Crippen LogP contribution in [0.3, 0.4) is 0 Å². The van der Waals surface area contributed by atoms with Crippen LogP contribution in [0, 0.1) is 11.3 Å². The van der Waals surface area contributed by atoms with E-state index in [1.165, 1.54) is 4.88 Å². The summed E-state index contributed by atoms with van der Waals surface area (Å²) in [6.45, 7) is 1.54. The fraction of sp³-hybridized carbons (Fsp3) is 0.235.